The Morgan fingerprint density at radius 1 is 1.47 bits per heavy atom. The fourth-order valence-corrected chi connectivity index (χ4v) is 1.53. The maximum atomic E-state index is 10.8. The second-order valence-electron chi connectivity index (χ2n) is 3.19. The zero-order valence-electron chi connectivity index (χ0n) is 9.31. The van der Waals surface area contributed by atoms with Crippen LogP contribution in [0, 0.1) is 10.1 Å². The summed E-state index contributed by atoms with van der Waals surface area (Å²) in [4.78, 5) is 15.4. The van der Waals surface area contributed by atoms with Gasteiger partial charge in [-0.2, -0.15) is 5.48 Å². The molecule has 0 spiro atoms. The molecule has 1 aromatic carbocycles. The molecule has 0 saturated heterocycles. The van der Waals surface area contributed by atoms with Gasteiger partial charge in [0.15, 0.2) is 0 Å². The van der Waals surface area contributed by atoms with Gasteiger partial charge in [-0.1, -0.05) is 15.9 Å². The van der Waals surface area contributed by atoms with Crippen molar-refractivity contribution in [2.45, 2.75) is 6.54 Å². The monoisotopic (exact) mass is 304 g/mol. The Labute approximate surface area is 107 Å². The molecule has 1 rings (SSSR count). The van der Waals surface area contributed by atoms with Gasteiger partial charge in [-0.15, -0.1) is 0 Å². The standard InChI is InChI=1S/C10H13BrN2O4/c1-16-4-5-17-12-7-8-2-3-9(11)6-10(8)13(14)15/h2-3,6,12H,4-5,7H2,1H3. The van der Waals surface area contributed by atoms with E-state index in [-0.39, 0.29) is 12.2 Å². The minimum absolute atomic E-state index is 0.0576. The number of nitro benzene ring substituents is 1. The summed E-state index contributed by atoms with van der Waals surface area (Å²) in [6.07, 6.45) is 0. The van der Waals surface area contributed by atoms with Crippen LogP contribution in [0.25, 0.3) is 0 Å². The fourth-order valence-electron chi connectivity index (χ4n) is 1.18. The van der Waals surface area contributed by atoms with Crippen molar-refractivity contribution in [3.05, 3.63) is 38.3 Å². The van der Waals surface area contributed by atoms with E-state index in [9.17, 15) is 10.1 Å². The molecule has 17 heavy (non-hydrogen) atoms. The quantitative estimate of drug-likeness (QED) is 0.474. The number of benzene rings is 1. The lowest BCUT2D eigenvalue weighted by atomic mass is 10.2. The lowest BCUT2D eigenvalue weighted by Gasteiger charge is -2.06. The van der Waals surface area contributed by atoms with Crippen molar-refractivity contribution in [1.29, 1.82) is 0 Å². The van der Waals surface area contributed by atoms with Crippen LogP contribution in [0.4, 0.5) is 5.69 Å². The molecule has 0 aliphatic rings. The highest BCUT2D eigenvalue weighted by atomic mass is 79.9. The summed E-state index contributed by atoms with van der Waals surface area (Å²) in [6.45, 7) is 1.13. The fraction of sp³-hybridized carbons (Fsp3) is 0.400. The van der Waals surface area contributed by atoms with Gasteiger partial charge >= 0.3 is 0 Å². The molecule has 0 aliphatic carbocycles. The van der Waals surface area contributed by atoms with Gasteiger partial charge in [0.05, 0.1) is 24.7 Å². The average Bonchev–Trinajstić information content (AvgIpc) is 2.30. The third-order valence-electron chi connectivity index (χ3n) is 2.00. The highest BCUT2D eigenvalue weighted by Gasteiger charge is 2.13. The number of methoxy groups -OCH3 is 1. The number of hydroxylamine groups is 1. The summed E-state index contributed by atoms with van der Waals surface area (Å²) in [5.74, 6) is 0. The van der Waals surface area contributed by atoms with Crippen LogP contribution in [0.1, 0.15) is 5.56 Å². The van der Waals surface area contributed by atoms with Crippen LogP contribution in [0.15, 0.2) is 22.7 Å². The number of nitro groups is 1. The normalized spacial score (nSPS) is 10.5. The van der Waals surface area contributed by atoms with Crippen molar-refractivity contribution in [2.75, 3.05) is 20.3 Å². The molecule has 0 unspecified atom stereocenters. The highest BCUT2D eigenvalue weighted by molar-refractivity contribution is 9.10. The summed E-state index contributed by atoms with van der Waals surface area (Å²) in [6, 6.07) is 4.89. The summed E-state index contributed by atoms with van der Waals surface area (Å²) >= 11 is 3.19. The Hall–Kier alpha value is -1.02. The van der Waals surface area contributed by atoms with Crippen molar-refractivity contribution >= 4 is 21.6 Å². The third kappa shape index (κ3) is 4.78. The van der Waals surface area contributed by atoms with Crippen molar-refractivity contribution in [3.8, 4) is 0 Å². The summed E-state index contributed by atoms with van der Waals surface area (Å²) in [5.41, 5.74) is 3.27. The van der Waals surface area contributed by atoms with Gasteiger partial charge in [0.2, 0.25) is 0 Å². The Kier molecular flexibility index (Phi) is 6.06. The molecule has 0 atom stereocenters. The average molecular weight is 305 g/mol. The molecule has 1 aromatic rings. The zero-order valence-corrected chi connectivity index (χ0v) is 10.9. The van der Waals surface area contributed by atoms with E-state index in [2.05, 4.69) is 21.4 Å². The van der Waals surface area contributed by atoms with Crippen molar-refractivity contribution < 1.29 is 14.5 Å². The Bertz CT molecular complexity index is 387. The van der Waals surface area contributed by atoms with E-state index in [1.165, 1.54) is 6.07 Å². The number of hydrogen-bond acceptors (Lipinski definition) is 5. The van der Waals surface area contributed by atoms with E-state index in [1.54, 1.807) is 19.2 Å². The first kappa shape index (κ1) is 14.0. The number of hydrogen-bond donors (Lipinski definition) is 1. The van der Waals surface area contributed by atoms with Gasteiger partial charge in [-0.3, -0.25) is 15.0 Å². The summed E-state index contributed by atoms with van der Waals surface area (Å²) < 4.78 is 5.47. The van der Waals surface area contributed by atoms with Crippen LogP contribution >= 0.6 is 15.9 Å². The molecular weight excluding hydrogens is 292 g/mol. The molecule has 7 heteroatoms. The third-order valence-corrected chi connectivity index (χ3v) is 2.49. The first-order valence-electron chi connectivity index (χ1n) is 4.91. The molecule has 0 radical (unpaired) electrons. The lowest BCUT2D eigenvalue weighted by Crippen LogP contribution is -2.17. The van der Waals surface area contributed by atoms with Crippen LogP contribution in [-0.4, -0.2) is 25.2 Å². The topological polar surface area (TPSA) is 73.6 Å². The molecule has 0 amide bonds. The van der Waals surface area contributed by atoms with Crippen LogP contribution < -0.4 is 5.48 Å². The maximum Gasteiger partial charge on any atom is 0.275 e. The summed E-state index contributed by atoms with van der Waals surface area (Å²) in [7, 11) is 1.57. The van der Waals surface area contributed by atoms with Crippen LogP contribution in [-0.2, 0) is 16.1 Å². The Balaban J connectivity index is 2.55. The first-order chi connectivity index (χ1) is 8.15. The van der Waals surface area contributed by atoms with E-state index in [0.29, 0.717) is 23.2 Å². The molecule has 6 nitrogen and oxygen atoms in total. The van der Waals surface area contributed by atoms with Gasteiger partial charge in [0.1, 0.15) is 0 Å². The molecular formula is C10H13BrN2O4. The van der Waals surface area contributed by atoms with Gasteiger partial charge < -0.3 is 4.74 Å². The zero-order chi connectivity index (χ0) is 12.7. The number of rotatable bonds is 7. The molecule has 0 aliphatic heterocycles. The second-order valence-corrected chi connectivity index (χ2v) is 4.11. The SMILES string of the molecule is COCCONCc1ccc(Br)cc1[N+](=O)[O-]. The van der Waals surface area contributed by atoms with Crippen molar-refractivity contribution in [3.63, 3.8) is 0 Å². The Morgan fingerprint density at radius 2 is 2.24 bits per heavy atom. The number of nitrogens with zero attached hydrogens (tertiary/aromatic N) is 1. The molecule has 0 saturated carbocycles. The van der Waals surface area contributed by atoms with E-state index in [0.717, 1.165) is 0 Å². The highest BCUT2D eigenvalue weighted by Crippen LogP contribution is 2.23. The maximum absolute atomic E-state index is 10.8. The number of halogens is 1. The van der Waals surface area contributed by atoms with E-state index < -0.39 is 4.92 Å². The van der Waals surface area contributed by atoms with E-state index >= 15 is 0 Å². The van der Waals surface area contributed by atoms with Crippen LogP contribution in [0.5, 0.6) is 0 Å². The second kappa shape index (κ2) is 7.33. The number of ether oxygens (including phenoxy) is 1. The first-order valence-corrected chi connectivity index (χ1v) is 5.71. The number of nitrogens with one attached hydrogen (secondary N) is 1. The minimum Gasteiger partial charge on any atom is -0.382 e. The largest absolute Gasteiger partial charge is 0.382 e. The van der Waals surface area contributed by atoms with Crippen molar-refractivity contribution in [2.24, 2.45) is 0 Å². The molecule has 94 valence electrons. The van der Waals surface area contributed by atoms with Crippen LogP contribution in [0.2, 0.25) is 0 Å². The van der Waals surface area contributed by atoms with Crippen LogP contribution in [0.3, 0.4) is 0 Å². The predicted molar refractivity (Wildman–Crippen MR) is 65.5 cm³/mol. The predicted octanol–water partition coefficient (Wildman–Crippen LogP) is 2.02. The van der Waals surface area contributed by atoms with Gasteiger partial charge in [0.25, 0.3) is 5.69 Å². The molecule has 0 heterocycles. The van der Waals surface area contributed by atoms with Gasteiger partial charge in [-0.25, -0.2) is 0 Å². The lowest BCUT2D eigenvalue weighted by molar-refractivity contribution is -0.385. The van der Waals surface area contributed by atoms with E-state index in [4.69, 9.17) is 9.57 Å². The summed E-state index contributed by atoms with van der Waals surface area (Å²) in [5, 5.41) is 10.8. The Morgan fingerprint density at radius 3 is 2.88 bits per heavy atom. The van der Waals surface area contributed by atoms with Gasteiger partial charge in [0, 0.05) is 23.2 Å². The van der Waals surface area contributed by atoms with Crippen molar-refractivity contribution in [1.82, 2.24) is 5.48 Å². The molecule has 1 N–H and O–H groups in total. The van der Waals surface area contributed by atoms with E-state index in [1.807, 2.05) is 0 Å². The van der Waals surface area contributed by atoms with Gasteiger partial charge in [-0.05, 0) is 12.1 Å². The molecule has 0 bridgehead atoms. The molecule has 0 fully saturated rings. The molecule has 0 aromatic heterocycles. The minimum atomic E-state index is -0.420. The smallest absolute Gasteiger partial charge is 0.275 e.